The van der Waals surface area contributed by atoms with Crippen LogP contribution in [-0.4, -0.2) is 20.9 Å². The largest absolute Gasteiger partial charge is 0.448 e. The van der Waals surface area contributed by atoms with Crippen LogP contribution in [0.5, 0.6) is 0 Å². The van der Waals surface area contributed by atoms with Gasteiger partial charge in [-0.25, -0.2) is 15.0 Å². The van der Waals surface area contributed by atoms with E-state index < -0.39 is 0 Å². The predicted octanol–water partition coefficient (Wildman–Crippen LogP) is 2.13. The lowest BCUT2D eigenvalue weighted by atomic mass is 10.0. The lowest BCUT2D eigenvalue weighted by molar-refractivity contribution is 0.0948. The summed E-state index contributed by atoms with van der Waals surface area (Å²) < 4.78 is 5.09. The minimum atomic E-state index is -0.198. The molecule has 0 aliphatic heterocycles. The molecule has 0 spiro atoms. The van der Waals surface area contributed by atoms with Crippen LogP contribution in [-0.2, 0) is 6.54 Å². The lowest BCUT2D eigenvalue weighted by Gasteiger charge is -2.11. The zero-order valence-corrected chi connectivity index (χ0v) is 12.1. The van der Waals surface area contributed by atoms with Gasteiger partial charge in [-0.3, -0.25) is 4.79 Å². The first-order valence-corrected chi connectivity index (χ1v) is 6.49. The highest BCUT2D eigenvalue weighted by Crippen LogP contribution is 2.16. The van der Waals surface area contributed by atoms with E-state index >= 15 is 0 Å². The zero-order chi connectivity index (χ0) is 14.7. The average molecular weight is 274 g/mol. The summed E-state index contributed by atoms with van der Waals surface area (Å²) in [5, 5.41) is 2.82. The Hall–Kier alpha value is -2.24. The molecule has 0 unspecified atom stereocenters. The number of amides is 1. The Kier molecular flexibility index (Phi) is 4.12. The minimum absolute atomic E-state index is 0.159. The molecule has 2 rings (SSSR count). The number of oxazole rings is 1. The molecule has 20 heavy (non-hydrogen) atoms. The van der Waals surface area contributed by atoms with Crippen LogP contribution in [0.15, 0.2) is 17.0 Å². The first kappa shape index (κ1) is 14.2. The molecule has 2 heterocycles. The summed E-state index contributed by atoms with van der Waals surface area (Å²) in [7, 11) is 0. The zero-order valence-electron chi connectivity index (χ0n) is 12.1. The molecule has 0 aromatic carbocycles. The second-order valence-corrected chi connectivity index (χ2v) is 4.91. The molecule has 2 aromatic heterocycles. The third kappa shape index (κ3) is 3.01. The summed E-state index contributed by atoms with van der Waals surface area (Å²) in [6.07, 6.45) is 2.94. The molecule has 0 atom stereocenters. The van der Waals surface area contributed by atoms with Crippen molar-refractivity contribution in [3.05, 3.63) is 41.1 Å². The molecule has 0 aliphatic rings. The van der Waals surface area contributed by atoms with Crippen molar-refractivity contribution in [2.45, 2.75) is 40.2 Å². The summed E-state index contributed by atoms with van der Waals surface area (Å²) in [4.78, 5) is 24.7. The Morgan fingerprint density at radius 1 is 1.35 bits per heavy atom. The number of carbonyl (C=O) groups excluding carboxylic acids is 1. The molecule has 0 aliphatic carbocycles. The van der Waals surface area contributed by atoms with Gasteiger partial charge in [0.2, 0.25) is 0 Å². The maximum atomic E-state index is 12.2. The summed E-state index contributed by atoms with van der Waals surface area (Å²) >= 11 is 0. The Morgan fingerprint density at radius 3 is 2.70 bits per heavy atom. The van der Waals surface area contributed by atoms with Crippen molar-refractivity contribution in [1.29, 1.82) is 0 Å². The fourth-order valence-electron chi connectivity index (χ4n) is 1.86. The van der Waals surface area contributed by atoms with Gasteiger partial charge in [0.25, 0.3) is 5.91 Å². The van der Waals surface area contributed by atoms with Crippen LogP contribution in [0.2, 0.25) is 0 Å². The van der Waals surface area contributed by atoms with Gasteiger partial charge in [0.15, 0.2) is 6.39 Å². The van der Waals surface area contributed by atoms with Crippen LogP contribution in [0.4, 0.5) is 0 Å². The van der Waals surface area contributed by atoms with E-state index in [0.29, 0.717) is 23.7 Å². The first-order chi connectivity index (χ1) is 9.49. The Morgan fingerprint density at radius 2 is 2.10 bits per heavy atom. The van der Waals surface area contributed by atoms with Crippen LogP contribution >= 0.6 is 0 Å². The van der Waals surface area contributed by atoms with E-state index in [2.05, 4.69) is 20.3 Å². The Balaban J connectivity index is 2.15. The van der Waals surface area contributed by atoms with Crippen molar-refractivity contribution in [2.75, 3.05) is 0 Å². The van der Waals surface area contributed by atoms with Crippen LogP contribution in [0.3, 0.4) is 0 Å². The molecule has 1 N–H and O–H groups in total. The number of aromatic nitrogens is 3. The minimum Gasteiger partial charge on any atom is -0.448 e. The van der Waals surface area contributed by atoms with Gasteiger partial charge in [0.1, 0.15) is 17.3 Å². The van der Waals surface area contributed by atoms with Crippen molar-refractivity contribution in [3.8, 4) is 0 Å². The summed E-state index contributed by atoms with van der Waals surface area (Å²) in [5.74, 6) is 1.33. The number of aryl methyl sites for hydroxylation is 2. The lowest BCUT2D eigenvalue weighted by Crippen LogP contribution is -2.25. The summed E-state index contributed by atoms with van der Waals surface area (Å²) in [6, 6.07) is 0. The van der Waals surface area contributed by atoms with Gasteiger partial charge < -0.3 is 9.73 Å². The number of hydrogen-bond donors (Lipinski definition) is 1. The van der Waals surface area contributed by atoms with E-state index in [1.54, 1.807) is 6.20 Å². The van der Waals surface area contributed by atoms with Crippen LogP contribution in [0.1, 0.15) is 53.1 Å². The van der Waals surface area contributed by atoms with Crippen molar-refractivity contribution in [1.82, 2.24) is 20.3 Å². The van der Waals surface area contributed by atoms with Crippen molar-refractivity contribution < 1.29 is 9.21 Å². The molecule has 0 radical (unpaired) electrons. The Labute approximate surface area is 117 Å². The van der Waals surface area contributed by atoms with Crippen molar-refractivity contribution in [3.63, 3.8) is 0 Å². The predicted molar refractivity (Wildman–Crippen MR) is 73.3 cm³/mol. The molecule has 0 saturated heterocycles. The number of hydrogen-bond acceptors (Lipinski definition) is 5. The quantitative estimate of drug-likeness (QED) is 0.923. The maximum Gasteiger partial charge on any atom is 0.255 e. The molecule has 6 nitrogen and oxygen atoms in total. The highest BCUT2D eigenvalue weighted by Gasteiger charge is 2.16. The van der Waals surface area contributed by atoms with Gasteiger partial charge in [0.05, 0.1) is 17.8 Å². The second kappa shape index (κ2) is 5.81. The monoisotopic (exact) mass is 274 g/mol. The summed E-state index contributed by atoms with van der Waals surface area (Å²) in [6.45, 7) is 7.95. The second-order valence-electron chi connectivity index (χ2n) is 4.91. The number of rotatable bonds is 4. The molecule has 106 valence electrons. The van der Waals surface area contributed by atoms with Gasteiger partial charge in [-0.15, -0.1) is 0 Å². The highest BCUT2D eigenvalue weighted by molar-refractivity contribution is 5.95. The van der Waals surface area contributed by atoms with E-state index in [1.165, 1.54) is 6.39 Å². The number of nitrogens with zero attached hydrogens (tertiary/aromatic N) is 3. The SMILES string of the molecule is Cc1ncc(C(=O)NCc2ncoc2C)c(C(C)C)n1. The third-order valence-electron chi connectivity index (χ3n) is 2.99. The van der Waals surface area contributed by atoms with Crippen LogP contribution in [0, 0.1) is 13.8 Å². The molecule has 0 fully saturated rings. The van der Waals surface area contributed by atoms with E-state index in [4.69, 9.17) is 4.42 Å². The normalized spacial score (nSPS) is 10.8. The van der Waals surface area contributed by atoms with Gasteiger partial charge in [0, 0.05) is 6.20 Å². The Bertz CT molecular complexity index is 619. The maximum absolute atomic E-state index is 12.2. The van der Waals surface area contributed by atoms with Gasteiger partial charge >= 0.3 is 0 Å². The molecular weight excluding hydrogens is 256 g/mol. The van der Waals surface area contributed by atoms with E-state index in [1.807, 2.05) is 27.7 Å². The third-order valence-corrected chi connectivity index (χ3v) is 2.99. The van der Waals surface area contributed by atoms with Gasteiger partial charge in [-0.05, 0) is 19.8 Å². The molecular formula is C14H18N4O2. The molecule has 0 saturated carbocycles. The standard InChI is InChI=1S/C14H18N4O2/c1-8(2)13-11(5-15-10(4)18-13)14(19)16-6-12-9(3)20-7-17-12/h5,7-8H,6H2,1-4H3,(H,16,19). The van der Waals surface area contributed by atoms with Crippen LogP contribution in [0.25, 0.3) is 0 Å². The first-order valence-electron chi connectivity index (χ1n) is 6.49. The molecule has 6 heteroatoms. The van der Waals surface area contributed by atoms with Crippen LogP contribution < -0.4 is 5.32 Å². The highest BCUT2D eigenvalue weighted by atomic mass is 16.3. The molecule has 1 amide bonds. The smallest absolute Gasteiger partial charge is 0.255 e. The van der Waals surface area contributed by atoms with Crippen molar-refractivity contribution >= 4 is 5.91 Å². The van der Waals surface area contributed by atoms with Crippen molar-refractivity contribution in [2.24, 2.45) is 0 Å². The number of carbonyl (C=O) groups is 1. The van der Waals surface area contributed by atoms with Gasteiger partial charge in [-0.1, -0.05) is 13.8 Å². The van der Waals surface area contributed by atoms with E-state index in [-0.39, 0.29) is 11.8 Å². The fraction of sp³-hybridized carbons (Fsp3) is 0.429. The summed E-state index contributed by atoms with van der Waals surface area (Å²) in [5.41, 5.74) is 1.98. The fourth-order valence-corrected chi connectivity index (χ4v) is 1.86. The van der Waals surface area contributed by atoms with Gasteiger partial charge in [-0.2, -0.15) is 0 Å². The average Bonchev–Trinajstić information content (AvgIpc) is 2.81. The molecule has 2 aromatic rings. The topological polar surface area (TPSA) is 80.9 Å². The van der Waals surface area contributed by atoms with E-state index in [9.17, 15) is 4.79 Å². The van der Waals surface area contributed by atoms with E-state index in [0.717, 1.165) is 11.4 Å². The molecule has 0 bridgehead atoms. The number of nitrogens with one attached hydrogen (secondary N) is 1.